The van der Waals surface area contributed by atoms with Crippen molar-refractivity contribution in [3.05, 3.63) is 102 Å². The standard InChI is InChI=1S/C30H34N2O2/c1-31(2)27-16-10-9-11-22(27)19-29(34)32-20-25-26(21-32)30(18-17-28(25)33,23-12-5-3-6-13-23)24-14-7-4-8-15-24/h3-16,25-26,28,33H,17-21H2,1-2H3/t25-,26+,28-/m0/s1. The molecule has 3 aromatic carbocycles. The molecule has 1 heterocycles. The van der Waals surface area contributed by atoms with Crippen molar-refractivity contribution in [2.24, 2.45) is 11.8 Å². The van der Waals surface area contributed by atoms with Crippen molar-refractivity contribution >= 4 is 11.6 Å². The molecule has 2 aliphatic rings. The molecule has 1 saturated carbocycles. The van der Waals surface area contributed by atoms with Crippen LogP contribution in [0.5, 0.6) is 0 Å². The molecule has 0 bridgehead atoms. The first-order valence-electron chi connectivity index (χ1n) is 12.3. The van der Waals surface area contributed by atoms with E-state index in [2.05, 4.69) is 71.6 Å². The van der Waals surface area contributed by atoms with Crippen molar-refractivity contribution in [1.82, 2.24) is 4.90 Å². The summed E-state index contributed by atoms with van der Waals surface area (Å²) in [5.41, 5.74) is 4.50. The van der Waals surface area contributed by atoms with Crippen molar-refractivity contribution in [3.8, 4) is 0 Å². The Morgan fingerprint density at radius 2 is 1.50 bits per heavy atom. The van der Waals surface area contributed by atoms with E-state index in [0.29, 0.717) is 19.5 Å². The van der Waals surface area contributed by atoms with Gasteiger partial charge in [-0.25, -0.2) is 0 Å². The third-order valence-electron chi connectivity index (χ3n) is 8.07. The van der Waals surface area contributed by atoms with E-state index in [4.69, 9.17) is 0 Å². The van der Waals surface area contributed by atoms with Gasteiger partial charge in [-0.05, 0) is 41.5 Å². The third kappa shape index (κ3) is 3.90. The van der Waals surface area contributed by atoms with Gasteiger partial charge >= 0.3 is 0 Å². The summed E-state index contributed by atoms with van der Waals surface area (Å²) >= 11 is 0. The fourth-order valence-electron chi connectivity index (χ4n) is 6.44. The fraction of sp³-hybridized carbons (Fsp3) is 0.367. The Morgan fingerprint density at radius 3 is 2.12 bits per heavy atom. The first kappa shape index (κ1) is 22.7. The molecule has 3 aromatic rings. The van der Waals surface area contributed by atoms with E-state index in [-0.39, 0.29) is 29.3 Å². The van der Waals surface area contributed by atoms with Crippen LogP contribution in [-0.2, 0) is 16.6 Å². The molecule has 1 aliphatic heterocycles. The predicted octanol–water partition coefficient (Wildman–Crippen LogP) is 4.51. The quantitative estimate of drug-likeness (QED) is 0.617. The van der Waals surface area contributed by atoms with Crippen molar-refractivity contribution in [1.29, 1.82) is 0 Å². The largest absolute Gasteiger partial charge is 0.393 e. The number of carbonyl (C=O) groups excluding carboxylic acids is 1. The van der Waals surface area contributed by atoms with Crippen molar-refractivity contribution < 1.29 is 9.90 Å². The molecule has 1 N–H and O–H groups in total. The van der Waals surface area contributed by atoms with Crippen LogP contribution in [0.3, 0.4) is 0 Å². The Kier molecular flexibility index (Phi) is 6.18. The minimum atomic E-state index is -0.377. The molecule has 4 heteroatoms. The lowest BCUT2D eigenvalue weighted by atomic mass is 9.56. The van der Waals surface area contributed by atoms with Crippen LogP contribution in [0.1, 0.15) is 29.5 Å². The van der Waals surface area contributed by atoms with Gasteiger partial charge in [0.15, 0.2) is 0 Å². The number of hydrogen-bond acceptors (Lipinski definition) is 3. The number of aliphatic hydroxyl groups excluding tert-OH is 1. The number of likely N-dealkylation sites (tertiary alicyclic amines) is 1. The number of fused-ring (bicyclic) bond motifs is 1. The molecular formula is C30H34N2O2. The van der Waals surface area contributed by atoms with Gasteiger partial charge in [0.2, 0.25) is 5.91 Å². The Hall–Kier alpha value is -3.11. The first-order chi connectivity index (χ1) is 16.5. The summed E-state index contributed by atoms with van der Waals surface area (Å²) < 4.78 is 0. The first-order valence-corrected chi connectivity index (χ1v) is 12.3. The van der Waals surface area contributed by atoms with Crippen molar-refractivity contribution in [3.63, 3.8) is 0 Å². The molecule has 2 fully saturated rings. The monoisotopic (exact) mass is 454 g/mol. The zero-order valence-corrected chi connectivity index (χ0v) is 20.1. The highest BCUT2D eigenvalue weighted by molar-refractivity contribution is 5.81. The van der Waals surface area contributed by atoms with Gasteiger partial charge in [0.05, 0.1) is 12.5 Å². The number of rotatable bonds is 5. The Bertz CT molecular complexity index is 1090. The van der Waals surface area contributed by atoms with Gasteiger partial charge in [-0.2, -0.15) is 0 Å². The van der Waals surface area contributed by atoms with Crippen LogP contribution in [0.2, 0.25) is 0 Å². The van der Waals surface area contributed by atoms with Crippen LogP contribution < -0.4 is 4.90 Å². The zero-order valence-electron chi connectivity index (χ0n) is 20.1. The maximum Gasteiger partial charge on any atom is 0.227 e. The van der Waals surface area contributed by atoms with Gasteiger partial charge in [0, 0.05) is 44.2 Å². The number of anilines is 1. The number of aliphatic hydroxyl groups is 1. The van der Waals surface area contributed by atoms with E-state index in [1.807, 2.05) is 37.2 Å². The lowest BCUT2D eigenvalue weighted by molar-refractivity contribution is -0.129. The van der Waals surface area contributed by atoms with Crippen LogP contribution in [-0.4, -0.2) is 49.2 Å². The van der Waals surface area contributed by atoms with Gasteiger partial charge in [0.25, 0.3) is 0 Å². The van der Waals surface area contributed by atoms with E-state index in [1.54, 1.807) is 0 Å². The molecule has 0 radical (unpaired) electrons. The number of benzene rings is 3. The summed E-state index contributed by atoms with van der Waals surface area (Å²) in [5, 5.41) is 11.1. The maximum absolute atomic E-state index is 13.5. The summed E-state index contributed by atoms with van der Waals surface area (Å²) in [6, 6.07) is 29.6. The van der Waals surface area contributed by atoms with E-state index >= 15 is 0 Å². The van der Waals surface area contributed by atoms with E-state index < -0.39 is 0 Å². The summed E-state index contributed by atoms with van der Waals surface area (Å²) in [5.74, 6) is 0.391. The minimum absolute atomic E-state index is 0.0715. The maximum atomic E-state index is 13.5. The molecule has 1 amide bonds. The smallest absolute Gasteiger partial charge is 0.227 e. The van der Waals surface area contributed by atoms with E-state index in [1.165, 1.54) is 11.1 Å². The van der Waals surface area contributed by atoms with Crippen molar-refractivity contribution in [2.45, 2.75) is 30.8 Å². The highest BCUT2D eigenvalue weighted by Gasteiger charge is 2.55. The molecule has 3 atom stereocenters. The fourth-order valence-corrected chi connectivity index (χ4v) is 6.44. The highest BCUT2D eigenvalue weighted by atomic mass is 16.3. The van der Waals surface area contributed by atoms with Crippen LogP contribution >= 0.6 is 0 Å². The summed E-state index contributed by atoms with van der Waals surface area (Å²) in [4.78, 5) is 17.6. The number of amides is 1. The average molecular weight is 455 g/mol. The second-order valence-electron chi connectivity index (χ2n) is 10.1. The lowest BCUT2D eigenvalue weighted by Gasteiger charge is -2.48. The molecule has 176 valence electrons. The highest BCUT2D eigenvalue weighted by Crippen LogP contribution is 2.53. The normalized spacial score (nSPS) is 23.4. The summed E-state index contributed by atoms with van der Waals surface area (Å²) in [7, 11) is 4.02. The molecule has 4 nitrogen and oxygen atoms in total. The number of para-hydroxylation sites is 1. The summed E-state index contributed by atoms with van der Waals surface area (Å²) in [6.45, 7) is 1.30. The summed E-state index contributed by atoms with van der Waals surface area (Å²) in [6.07, 6.45) is 1.64. The number of hydrogen-bond donors (Lipinski definition) is 1. The van der Waals surface area contributed by atoms with Gasteiger partial charge in [-0.1, -0.05) is 78.9 Å². The number of nitrogens with zero attached hydrogens (tertiary/aromatic N) is 2. The molecule has 5 rings (SSSR count). The second kappa shape index (κ2) is 9.27. The predicted molar refractivity (Wildman–Crippen MR) is 137 cm³/mol. The average Bonchev–Trinajstić information content (AvgIpc) is 3.33. The Morgan fingerprint density at radius 1 is 0.912 bits per heavy atom. The zero-order chi connectivity index (χ0) is 23.7. The number of carbonyl (C=O) groups is 1. The molecule has 1 aliphatic carbocycles. The Balaban J connectivity index is 1.49. The van der Waals surface area contributed by atoms with Crippen LogP contribution in [0, 0.1) is 11.8 Å². The second-order valence-corrected chi connectivity index (χ2v) is 10.1. The van der Waals surface area contributed by atoms with Gasteiger partial charge in [0.1, 0.15) is 0 Å². The van der Waals surface area contributed by atoms with Gasteiger partial charge in [-0.15, -0.1) is 0 Å². The van der Waals surface area contributed by atoms with Crippen LogP contribution in [0.4, 0.5) is 5.69 Å². The van der Waals surface area contributed by atoms with Gasteiger partial charge < -0.3 is 14.9 Å². The topological polar surface area (TPSA) is 43.8 Å². The van der Waals surface area contributed by atoms with Crippen LogP contribution in [0.15, 0.2) is 84.9 Å². The SMILES string of the molecule is CN(C)c1ccccc1CC(=O)N1C[C@H]2[C@@H](C1)C(c1ccccc1)(c1ccccc1)CC[C@@H]2O. The minimum Gasteiger partial charge on any atom is -0.393 e. The third-order valence-corrected chi connectivity index (χ3v) is 8.07. The van der Waals surface area contributed by atoms with Crippen LogP contribution in [0.25, 0.3) is 0 Å². The molecule has 0 aromatic heterocycles. The van der Waals surface area contributed by atoms with E-state index in [9.17, 15) is 9.90 Å². The molecule has 0 spiro atoms. The lowest BCUT2D eigenvalue weighted by Crippen LogP contribution is -2.48. The Labute approximate surface area is 202 Å². The van der Waals surface area contributed by atoms with Gasteiger partial charge in [-0.3, -0.25) is 4.79 Å². The molecule has 0 unspecified atom stereocenters. The van der Waals surface area contributed by atoms with Crippen molar-refractivity contribution in [2.75, 3.05) is 32.1 Å². The molecule has 34 heavy (non-hydrogen) atoms. The van der Waals surface area contributed by atoms with E-state index in [0.717, 1.165) is 24.1 Å². The molecule has 1 saturated heterocycles. The molecular weight excluding hydrogens is 420 g/mol.